The number of benzene rings is 4. The van der Waals surface area contributed by atoms with Crippen LogP contribution in [0.3, 0.4) is 0 Å². The minimum absolute atomic E-state index is 0.951. The van der Waals surface area contributed by atoms with Gasteiger partial charge in [0.15, 0.2) is 0 Å². The molecule has 4 aromatic carbocycles. The molecule has 0 bridgehead atoms. The third-order valence-electron chi connectivity index (χ3n) is 5.28. The zero-order chi connectivity index (χ0) is 15.7. The monoisotopic (exact) mass is 306 g/mol. The van der Waals surface area contributed by atoms with Gasteiger partial charge in [0.05, 0.1) is 0 Å². The molecule has 0 aliphatic heterocycles. The van der Waals surface area contributed by atoms with Crippen LogP contribution < -0.4 is 0 Å². The number of fused-ring (bicyclic) bond motifs is 8. The molecule has 6 rings (SSSR count). The Morgan fingerprint density at radius 3 is 2.38 bits per heavy atom. The van der Waals surface area contributed by atoms with E-state index in [0.29, 0.717) is 0 Å². The number of para-hydroxylation sites is 1. The Labute approximate surface area is 139 Å². The fourth-order valence-corrected chi connectivity index (χ4v) is 4.15. The molecule has 24 heavy (non-hydrogen) atoms. The number of hydrogen-bond donors (Lipinski definition) is 0. The molecule has 1 heterocycles. The van der Waals surface area contributed by atoms with Gasteiger partial charge in [0.1, 0.15) is 11.2 Å². The van der Waals surface area contributed by atoms with Crippen LogP contribution >= 0.6 is 0 Å². The summed E-state index contributed by atoms with van der Waals surface area (Å²) in [6, 6.07) is 26.0. The Morgan fingerprint density at radius 2 is 1.46 bits per heavy atom. The van der Waals surface area contributed by atoms with Crippen molar-refractivity contribution in [3.63, 3.8) is 0 Å². The van der Waals surface area contributed by atoms with E-state index in [1.165, 1.54) is 43.8 Å². The number of furan rings is 1. The van der Waals surface area contributed by atoms with E-state index in [4.69, 9.17) is 4.42 Å². The van der Waals surface area contributed by atoms with E-state index in [2.05, 4.69) is 66.7 Å². The van der Waals surface area contributed by atoms with Crippen LogP contribution in [0.2, 0.25) is 0 Å². The highest BCUT2D eigenvalue weighted by atomic mass is 16.3. The third kappa shape index (κ3) is 1.49. The Balaban J connectivity index is 1.70. The Kier molecular flexibility index (Phi) is 2.20. The highest BCUT2D eigenvalue weighted by Gasteiger charge is 2.23. The van der Waals surface area contributed by atoms with Crippen LogP contribution in [0, 0.1) is 0 Å². The van der Waals surface area contributed by atoms with Gasteiger partial charge >= 0.3 is 0 Å². The SMILES string of the molecule is c1ccc2cc3c(cc2c1)Cc1c-3ccc2c1oc1ccccc12. The summed E-state index contributed by atoms with van der Waals surface area (Å²) in [5.41, 5.74) is 7.43. The minimum Gasteiger partial charge on any atom is -0.456 e. The van der Waals surface area contributed by atoms with Gasteiger partial charge in [-0.2, -0.15) is 0 Å². The average molecular weight is 306 g/mol. The molecule has 5 aromatic rings. The standard InChI is InChI=1S/C23H14O/c1-2-6-15-12-20-16(11-14(15)5-1)13-21-17(20)9-10-19-18-7-3-4-8-22(18)24-23(19)21/h1-12H,13H2. The zero-order valence-corrected chi connectivity index (χ0v) is 13.0. The quantitative estimate of drug-likeness (QED) is 0.320. The topological polar surface area (TPSA) is 13.1 Å². The van der Waals surface area contributed by atoms with Crippen molar-refractivity contribution in [1.29, 1.82) is 0 Å². The summed E-state index contributed by atoms with van der Waals surface area (Å²) >= 11 is 0. The number of rotatable bonds is 0. The van der Waals surface area contributed by atoms with E-state index in [0.717, 1.165) is 17.6 Å². The second-order valence-electron chi connectivity index (χ2n) is 6.60. The van der Waals surface area contributed by atoms with Crippen molar-refractivity contribution >= 4 is 32.7 Å². The Hall–Kier alpha value is -3.06. The van der Waals surface area contributed by atoms with E-state index in [1.807, 2.05) is 6.07 Å². The summed E-state index contributed by atoms with van der Waals surface area (Å²) < 4.78 is 6.22. The van der Waals surface area contributed by atoms with E-state index < -0.39 is 0 Å². The van der Waals surface area contributed by atoms with Gasteiger partial charge in [0.2, 0.25) is 0 Å². The summed E-state index contributed by atoms with van der Waals surface area (Å²) in [5, 5.41) is 5.04. The fourth-order valence-electron chi connectivity index (χ4n) is 4.15. The van der Waals surface area contributed by atoms with Gasteiger partial charge < -0.3 is 4.42 Å². The van der Waals surface area contributed by atoms with Gasteiger partial charge in [-0.25, -0.2) is 0 Å². The van der Waals surface area contributed by atoms with Crippen molar-refractivity contribution in [2.75, 3.05) is 0 Å². The molecule has 1 aliphatic carbocycles. The molecule has 112 valence electrons. The van der Waals surface area contributed by atoms with Crippen LogP contribution in [0.15, 0.2) is 77.2 Å². The largest absolute Gasteiger partial charge is 0.456 e. The van der Waals surface area contributed by atoms with Crippen LogP contribution in [-0.2, 0) is 6.42 Å². The first-order chi connectivity index (χ1) is 11.9. The molecular weight excluding hydrogens is 292 g/mol. The number of hydrogen-bond acceptors (Lipinski definition) is 1. The van der Waals surface area contributed by atoms with Gasteiger partial charge in [-0.1, -0.05) is 54.6 Å². The molecule has 0 amide bonds. The van der Waals surface area contributed by atoms with Crippen LogP contribution in [0.5, 0.6) is 0 Å². The smallest absolute Gasteiger partial charge is 0.139 e. The maximum absolute atomic E-state index is 6.22. The van der Waals surface area contributed by atoms with Crippen molar-refractivity contribution in [2.45, 2.75) is 6.42 Å². The molecule has 1 heteroatoms. The van der Waals surface area contributed by atoms with Gasteiger partial charge in [-0.05, 0) is 45.7 Å². The van der Waals surface area contributed by atoms with Crippen molar-refractivity contribution < 1.29 is 4.42 Å². The lowest BCUT2D eigenvalue weighted by molar-refractivity contribution is 0.665. The molecule has 1 nitrogen and oxygen atoms in total. The molecule has 0 spiro atoms. The predicted molar refractivity (Wildman–Crippen MR) is 99.5 cm³/mol. The molecular formula is C23H14O. The van der Waals surface area contributed by atoms with E-state index >= 15 is 0 Å². The van der Waals surface area contributed by atoms with Crippen molar-refractivity contribution in [1.82, 2.24) is 0 Å². The molecule has 0 fully saturated rings. The van der Waals surface area contributed by atoms with E-state index in [9.17, 15) is 0 Å². The van der Waals surface area contributed by atoms with Gasteiger partial charge in [-0.15, -0.1) is 0 Å². The minimum atomic E-state index is 0.951. The van der Waals surface area contributed by atoms with Crippen molar-refractivity contribution in [3.8, 4) is 11.1 Å². The molecule has 1 aliphatic rings. The first-order valence-electron chi connectivity index (χ1n) is 8.34. The van der Waals surface area contributed by atoms with Gasteiger partial charge in [0.25, 0.3) is 0 Å². The van der Waals surface area contributed by atoms with E-state index in [1.54, 1.807) is 0 Å². The average Bonchev–Trinajstić information content (AvgIpc) is 3.17. The molecule has 0 atom stereocenters. The maximum Gasteiger partial charge on any atom is 0.139 e. The third-order valence-corrected chi connectivity index (χ3v) is 5.28. The van der Waals surface area contributed by atoms with Crippen LogP contribution in [0.4, 0.5) is 0 Å². The lowest BCUT2D eigenvalue weighted by atomic mass is 10.00. The summed E-state index contributed by atoms with van der Waals surface area (Å²) in [5.74, 6) is 0. The van der Waals surface area contributed by atoms with E-state index in [-0.39, 0.29) is 0 Å². The summed E-state index contributed by atoms with van der Waals surface area (Å²) in [4.78, 5) is 0. The predicted octanol–water partition coefficient (Wildman–Crippen LogP) is 6.31. The molecule has 0 N–H and O–H groups in total. The highest BCUT2D eigenvalue weighted by Crippen LogP contribution is 2.44. The summed E-state index contributed by atoms with van der Waals surface area (Å²) in [6.45, 7) is 0. The molecule has 0 saturated heterocycles. The summed E-state index contributed by atoms with van der Waals surface area (Å²) in [6.07, 6.45) is 0.951. The maximum atomic E-state index is 6.22. The van der Waals surface area contributed by atoms with Crippen molar-refractivity contribution in [3.05, 3.63) is 83.9 Å². The molecule has 1 aromatic heterocycles. The van der Waals surface area contributed by atoms with Crippen molar-refractivity contribution in [2.24, 2.45) is 0 Å². The second kappa shape index (κ2) is 4.27. The Bertz CT molecular complexity index is 1270. The summed E-state index contributed by atoms with van der Waals surface area (Å²) in [7, 11) is 0. The fraction of sp³-hybridized carbons (Fsp3) is 0.0435. The Morgan fingerprint density at radius 1 is 0.667 bits per heavy atom. The zero-order valence-electron chi connectivity index (χ0n) is 13.0. The highest BCUT2D eigenvalue weighted by molar-refractivity contribution is 6.08. The first-order valence-corrected chi connectivity index (χ1v) is 8.34. The molecule has 0 radical (unpaired) electrons. The van der Waals surface area contributed by atoms with Crippen LogP contribution in [0.1, 0.15) is 11.1 Å². The second-order valence-corrected chi connectivity index (χ2v) is 6.60. The molecule has 0 unspecified atom stereocenters. The lowest BCUT2D eigenvalue weighted by Gasteiger charge is -2.04. The van der Waals surface area contributed by atoms with Crippen LogP contribution in [-0.4, -0.2) is 0 Å². The first kappa shape index (κ1) is 12.4. The van der Waals surface area contributed by atoms with Gasteiger partial charge in [0, 0.05) is 22.8 Å². The molecule has 0 saturated carbocycles. The van der Waals surface area contributed by atoms with Gasteiger partial charge in [-0.3, -0.25) is 0 Å². The van der Waals surface area contributed by atoms with Crippen LogP contribution in [0.25, 0.3) is 43.8 Å². The normalized spacial score (nSPS) is 12.8. The lowest BCUT2D eigenvalue weighted by Crippen LogP contribution is -1.81.